The van der Waals surface area contributed by atoms with Crippen LogP contribution in [0.15, 0.2) is 29.2 Å². The molecule has 0 atom stereocenters. The van der Waals surface area contributed by atoms with Crippen molar-refractivity contribution in [2.45, 2.75) is 32.1 Å². The van der Waals surface area contributed by atoms with Gasteiger partial charge in [0.1, 0.15) is 16.5 Å². The number of hydrogen-bond acceptors (Lipinski definition) is 7. The third-order valence-corrected chi connectivity index (χ3v) is 6.57. The molecule has 29 heavy (non-hydrogen) atoms. The van der Waals surface area contributed by atoms with Crippen LogP contribution in [0.3, 0.4) is 0 Å². The normalized spacial score (nSPS) is 11.6. The van der Waals surface area contributed by atoms with Crippen LogP contribution in [0.4, 0.5) is 5.82 Å². The third kappa shape index (κ3) is 5.08. The van der Waals surface area contributed by atoms with E-state index in [0.29, 0.717) is 24.6 Å². The molecule has 0 spiro atoms. The Balaban J connectivity index is 1.55. The number of anilines is 1. The van der Waals surface area contributed by atoms with E-state index >= 15 is 0 Å². The molecule has 0 aliphatic heterocycles. The van der Waals surface area contributed by atoms with Crippen LogP contribution in [-0.4, -0.2) is 37.4 Å². The van der Waals surface area contributed by atoms with Crippen molar-refractivity contribution in [1.29, 1.82) is 0 Å². The molecule has 8 nitrogen and oxygen atoms in total. The van der Waals surface area contributed by atoms with E-state index in [1.807, 2.05) is 20.8 Å². The summed E-state index contributed by atoms with van der Waals surface area (Å²) in [5.74, 6) is 1.17. The SMILES string of the molecule is Cc1nc(NCC(=O)NCCc2ccc(S(N)(=O)=O)cc2)c2c(C)c(C)sc2n1. The number of nitrogens with two attached hydrogens (primary N) is 1. The summed E-state index contributed by atoms with van der Waals surface area (Å²) in [7, 11) is -3.70. The number of carbonyl (C=O) groups excluding carboxylic acids is 1. The number of thiophene rings is 1. The number of benzene rings is 1. The van der Waals surface area contributed by atoms with Crippen molar-refractivity contribution in [3.05, 3.63) is 46.1 Å². The van der Waals surface area contributed by atoms with Crippen LogP contribution < -0.4 is 15.8 Å². The Morgan fingerprint density at radius 1 is 1.14 bits per heavy atom. The first kappa shape index (κ1) is 21.2. The highest BCUT2D eigenvalue weighted by Crippen LogP contribution is 2.33. The first-order valence-electron chi connectivity index (χ1n) is 9.02. The van der Waals surface area contributed by atoms with Gasteiger partial charge in [-0.05, 0) is 50.5 Å². The minimum absolute atomic E-state index is 0.0694. The topological polar surface area (TPSA) is 127 Å². The van der Waals surface area contributed by atoms with Crippen molar-refractivity contribution >= 4 is 43.3 Å². The number of amides is 1. The molecule has 3 aromatic rings. The van der Waals surface area contributed by atoms with E-state index in [1.165, 1.54) is 17.0 Å². The summed E-state index contributed by atoms with van der Waals surface area (Å²) < 4.78 is 22.5. The standard InChI is InChI=1S/C19H23N5O3S2/c1-11-12(2)28-19-17(11)18(23-13(3)24-19)22-10-16(25)21-9-8-14-4-6-15(7-5-14)29(20,26)27/h4-7H,8-10H2,1-3H3,(H,21,25)(H2,20,26,27)(H,22,23,24). The molecular weight excluding hydrogens is 410 g/mol. The Labute approximate surface area is 173 Å². The minimum Gasteiger partial charge on any atom is -0.360 e. The number of aryl methyl sites for hydroxylation is 3. The predicted molar refractivity (Wildman–Crippen MR) is 115 cm³/mol. The van der Waals surface area contributed by atoms with Crippen LogP contribution in [0.25, 0.3) is 10.2 Å². The molecular formula is C19H23N5O3S2. The molecule has 1 amide bonds. The number of nitrogens with zero attached hydrogens (tertiary/aromatic N) is 2. The van der Waals surface area contributed by atoms with E-state index in [9.17, 15) is 13.2 Å². The van der Waals surface area contributed by atoms with Crippen LogP contribution in [-0.2, 0) is 21.2 Å². The molecule has 0 aliphatic carbocycles. The van der Waals surface area contributed by atoms with Crippen molar-refractivity contribution in [2.75, 3.05) is 18.4 Å². The summed E-state index contributed by atoms with van der Waals surface area (Å²) in [6, 6.07) is 6.29. The fraction of sp³-hybridized carbons (Fsp3) is 0.316. The van der Waals surface area contributed by atoms with Crippen LogP contribution in [0.5, 0.6) is 0 Å². The molecule has 0 unspecified atom stereocenters. The Kier molecular flexibility index (Phi) is 6.15. The summed E-state index contributed by atoms with van der Waals surface area (Å²) in [5.41, 5.74) is 2.03. The molecule has 2 aromatic heterocycles. The fourth-order valence-corrected chi connectivity index (χ4v) is 4.49. The van der Waals surface area contributed by atoms with Gasteiger partial charge in [0.2, 0.25) is 15.9 Å². The van der Waals surface area contributed by atoms with Crippen LogP contribution in [0.2, 0.25) is 0 Å². The molecule has 0 radical (unpaired) electrons. The lowest BCUT2D eigenvalue weighted by Crippen LogP contribution is -2.31. The minimum atomic E-state index is -3.70. The van der Waals surface area contributed by atoms with Crippen molar-refractivity contribution in [3.63, 3.8) is 0 Å². The van der Waals surface area contributed by atoms with Gasteiger partial charge in [0.25, 0.3) is 0 Å². The molecule has 0 saturated heterocycles. The van der Waals surface area contributed by atoms with Gasteiger partial charge in [0, 0.05) is 11.4 Å². The Hall–Kier alpha value is -2.56. The zero-order valence-corrected chi connectivity index (χ0v) is 18.1. The highest BCUT2D eigenvalue weighted by atomic mass is 32.2. The molecule has 0 aliphatic rings. The van der Waals surface area contributed by atoms with E-state index in [2.05, 4.69) is 20.6 Å². The van der Waals surface area contributed by atoms with E-state index in [4.69, 9.17) is 5.14 Å². The van der Waals surface area contributed by atoms with Crippen molar-refractivity contribution in [2.24, 2.45) is 5.14 Å². The second-order valence-corrected chi connectivity index (χ2v) is 9.49. The van der Waals surface area contributed by atoms with Crippen molar-refractivity contribution in [3.8, 4) is 0 Å². The number of primary sulfonamides is 1. The number of fused-ring (bicyclic) bond motifs is 1. The molecule has 0 saturated carbocycles. The van der Waals surface area contributed by atoms with Gasteiger partial charge >= 0.3 is 0 Å². The number of hydrogen-bond donors (Lipinski definition) is 3. The van der Waals surface area contributed by atoms with Crippen LogP contribution >= 0.6 is 11.3 Å². The smallest absolute Gasteiger partial charge is 0.239 e. The Morgan fingerprint density at radius 3 is 2.48 bits per heavy atom. The zero-order valence-electron chi connectivity index (χ0n) is 16.4. The molecule has 0 fully saturated rings. The van der Waals surface area contributed by atoms with Gasteiger partial charge in [-0.3, -0.25) is 4.79 Å². The zero-order chi connectivity index (χ0) is 21.2. The average Bonchev–Trinajstić information content (AvgIpc) is 2.93. The van der Waals surface area contributed by atoms with E-state index in [0.717, 1.165) is 21.3 Å². The summed E-state index contributed by atoms with van der Waals surface area (Å²) in [6.07, 6.45) is 0.580. The Morgan fingerprint density at radius 2 is 1.83 bits per heavy atom. The van der Waals surface area contributed by atoms with Gasteiger partial charge < -0.3 is 10.6 Å². The van der Waals surface area contributed by atoms with Crippen molar-refractivity contribution < 1.29 is 13.2 Å². The molecule has 0 bridgehead atoms. The Bertz CT molecular complexity index is 1150. The van der Waals surface area contributed by atoms with E-state index in [1.54, 1.807) is 23.5 Å². The first-order valence-corrected chi connectivity index (χ1v) is 11.4. The van der Waals surface area contributed by atoms with Gasteiger partial charge in [-0.25, -0.2) is 23.5 Å². The van der Waals surface area contributed by atoms with Crippen molar-refractivity contribution in [1.82, 2.24) is 15.3 Å². The summed E-state index contributed by atoms with van der Waals surface area (Å²) in [6.45, 7) is 6.44. The highest BCUT2D eigenvalue weighted by Gasteiger charge is 2.14. The summed E-state index contributed by atoms with van der Waals surface area (Å²) in [5, 5.41) is 12.0. The van der Waals surface area contributed by atoms with Crippen LogP contribution in [0, 0.1) is 20.8 Å². The number of sulfonamides is 1. The summed E-state index contributed by atoms with van der Waals surface area (Å²) in [4.78, 5) is 23.3. The lowest BCUT2D eigenvalue weighted by Gasteiger charge is -2.09. The molecule has 154 valence electrons. The van der Waals surface area contributed by atoms with Gasteiger partial charge in [0.05, 0.1) is 16.8 Å². The number of rotatable bonds is 7. The number of aromatic nitrogens is 2. The quantitative estimate of drug-likeness (QED) is 0.523. The highest BCUT2D eigenvalue weighted by molar-refractivity contribution is 7.89. The molecule has 1 aromatic carbocycles. The largest absolute Gasteiger partial charge is 0.360 e. The van der Waals surface area contributed by atoms with E-state index < -0.39 is 10.0 Å². The molecule has 3 rings (SSSR count). The van der Waals surface area contributed by atoms with Gasteiger partial charge in [-0.15, -0.1) is 11.3 Å². The second-order valence-electron chi connectivity index (χ2n) is 6.73. The number of nitrogens with one attached hydrogen (secondary N) is 2. The monoisotopic (exact) mass is 433 g/mol. The summed E-state index contributed by atoms with van der Waals surface area (Å²) >= 11 is 1.62. The molecule has 10 heteroatoms. The van der Waals surface area contributed by atoms with Gasteiger partial charge in [-0.2, -0.15) is 0 Å². The molecule has 2 heterocycles. The maximum absolute atomic E-state index is 12.2. The second kappa shape index (κ2) is 8.44. The third-order valence-electron chi connectivity index (χ3n) is 4.54. The fourth-order valence-electron chi connectivity index (χ4n) is 2.90. The average molecular weight is 434 g/mol. The van der Waals surface area contributed by atoms with Crippen LogP contribution in [0.1, 0.15) is 21.8 Å². The van der Waals surface area contributed by atoms with Gasteiger partial charge in [0.15, 0.2) is 0 Å². The van der Waals surface area contributed by atoms with Gasteiger partial charge in [-0.1, -0.05) is 12.1 Å². The maximum atomic E-state index is 12.2. The maximum Gasteiger partial charge on any atom is 0.239 e. The van der Waals surface area contributed by atoms with E-state index in [-0.39, 0.29) is 17.3 Å². The predicted octanol–water partition coefficient (Wildman–Crippen LogP) is 2.03. The first-order chi connectivity index (χ1) is 13.6. The lowest BCUT2D eigenvalue weighted by molar-refractivity contribution is -0.119. The molecule has 4 N–H and O–H groups in total. The lowest BCUT2D eigenvalue weighted by atomic mass is 10.1. The number of carbonyl (C=O) groups is 1.